The van der Waals surface area contributed by atoms with E-state index in [0.29, 0.717) is 23.4 Å². The molecule has 0 spiro atoms. The van der Waals surface area contributed by atoms with Gasteiger partial charge >= 0.3 is 11.9 Å². The molecule has 2 aromatic rings. The van der Waals surface area contributed by atoms with E-state index in [1.165, 1.54) is 6.07 Å². The molecule has 0 fully saturated rings. The number of aromatic nitrogens is 1. The van der Waals surface area contributed by atoms with Crippen molar-refractivity contribution >= 4 is 17.6 Å². The molecule has 2 rings (SSSR count). The first kappa shape index (κ1) is 21.5. The van der Waals surface area contributed by atoms with Crippen LogP contribution in [0.15, 0.2) is 24.3 Å². The van der Waals surface area contributed by atoms with E-state index in [4.69, 9.17) is 9.47 Å². The van der Waals surface area contributed by atoms with Gasteiger partial charge in [0.25, 0.3) is 0 Å². The van der Waals surface area contributed by atoms with Gasteiger partial charge in [0.15, 0.2) is 0 Å². The predicted octanol–water partition coefficient (Wildman–Crippen LogP) is 4.46. The predicted molar refractivity (Wildman–Crippen MR) is 105 cm³/mol. The minimum Gasteiger partial charge on any atom is -0.462 e. The largest absolute Gasteiger partial charge is 0.462 e. The van der Waals surface area contributed by atoms with Crippen LogP contribution < -0.4 is 5.32 Å². The molecule has 0 atom stereocenters. The summed E-state index contributed by atoms with van der Waals surface area (Å²) < 4.78 is 24.5. The Kier molecular flexibility index (Phi) is 6.83. The number of hydrogen-bond donors (Lipinski definition) is 2. The van der Waals surface area contributed by atoms with Gasteiger partial charge < -0.3 is 19.8 Å². The van der Waals surface area contributed by atoms with Gasteiger partial charge in [-0.2, -0.15) is 0 Å². The zero-order chi connectivity index (χ0) is 20.9. The maximum Gasteiger partial charge on any atom is 0.355 e. The molecule has 0 radical (unpaired) electrons. The van der Waals surface area contributed by atoms with Crippen LogP contribution in [0.25, 0.3) is 0 Å². The van der Waals surface area contributed by atoms with Crippen LogP contribution in [0.1, 0.15) is 66.7 Å². The first-order valence-electron chi connectivity index (χ1n) is 9.30. The molecule has 0 unspecified atom stereocenters. The molecule has 1 heterocycles. The van der Waals surface area contributed by atoms with Crippen LogP contribution in [0, 0.1) is 5.82 Å². The number of carbonyl (C=O) groups is 2. The summed E-state index contributed by atoms with van der Waals surface area (Å²) in [6, 6.07) is 6.23. The molecular weight excluding hydrogens is 363 g/mol. The van der Waals surface area contributed by atoms with Gasteiger partial charge in [0, 0.05) is 5.69 Å². The number of H-pyrrole nitrogens is 1. The molecule has 0 bridgehead atoms. The molecule has 7 heteroatoms. The summed E-state index contributed by atoms with van der Waals surface area (Å²) in [4.78, 5) is 28.2. The van der Waals surface area contributed by atoms with E-state index in [1.54, 1.807) is 45.9 Å². The fourth-order valence-corrected chi connectivity index (χ4v) is 2.82. The Labute approximate surface area is 164 Å². The van der Waals surface area contributed by atoms with E-state index in [1.807, 2.05) is 6.92 Å². The second kappa shape index (κ2) is 8.91. The van der Waals surface area contributed by atoms with E-state index in [-0.39, 0.29) is 24.4 Å². The zero-order valence-electron chi connectivity index (χ0n) is 16.9. The molecule has 0 saturated heterocycles. The maximum absolute atomic E-state index is 13.9. The number of nitrogens with one attached hydrogen (secondary N) is 2. The quantitative estimate of drug-likeness (QED) is 0.682. The molecule has 2 N–H and O–H groups in total. The molecule has 0 aliphatic carbocycles. The molecule has 6 nitrogen and oxygen atoms in total. The van der Waals surface area contributed by atoms with Gasteiger partial charge in [-0.1, -0.05) is 19.1 Å². The third-order valence-corrected chi connectivity index (χ3v) is 3.95. The minimum atomic E-state index is -0.678. The Balaban J connectivity index is 2.43. The van der Waals surface area contributed by atoms with Gasteiger partial charge in [-0.25, -0.2) is 14.0 Å². The van der Waals surface area contributed by atoms with E-state index < -0.39 is 23.4 Å². The number of para-hydroxylation sites is 1. The van der Waals surface area contributed by atoms with Crippen molar-refractivity contribution in [3.05, 3.63) is 52.6 Å². The van der Waals surface area contributed by atoms with Crippen molar-refractivity contribution in [2.24, 2.45) is 0 Å². The summed E-state index contributed by atoms with van der Waals surface area (Å²) in [5.41, 5.74) is 1.09. The van der Waals surface area contributed by atoms with Gasteiger partial charge in [0.2, 0.25) is 0 Å². The number of aromatic amines is 1. The van der Waals surface area contributed by atoms with Crippen molar-refractivity contribution in [3.63, 3.8) is 0 Å². The average molecular weight is 390 g/mol. The van der Waals surface area contributed by atoms with E-state index >= 15 is 0 Å². The van der Waals surface area contributed by atoms with Gasteiger partial charge in [0.1, 0.15) is 17.1 Å². The summed E-state index contributed by atoms with van der Waals surface area (Å²) in [5, 5.41) is 2.95. The van der Waals surface area contributed by atoms with Gasteiger partial charge in [-0.3, -0.25) is 0 Å². The molecule has 0 saturated carbocycles. The van der Waals surface area contributed by atoms with Crippen LogP contribution in [0.5, 0.6) is 0 Å². The standard InChI is InChI=1S/C21H27FN2O4/c1-6-13-17(19(25)27-7-2)16(12-23-15-11-9-8-10-14(15)22)24-18(13)20(26)28-21(3,4)5/h8-11,23-24H,6-7,12H2,1-5H3. The third-order valence-electron chi connectivity index (χ3n) is 3.95. The smallest absolute Gasteiger partial charge is 0.355 e. The fourth-order valence-electron chi connectivity index (χ4n) is 2.82. The van der Waals surface area contributed by atoms with Crippen LogP contribution >= 0.6 is 0 Å². The molecule has 0 amide bonds. The fraction of sp³-hybridized carbons (Fsp3) is 0.429. The van der Waals surface area contributed by atoms with Crippen LogP contribution in [-0.2, 0) is 22.4 Å². The van der Waals surface area contributed by atoms with E-state index in [9.17, 15) is 14.0 Å². The summed E-state index contributed by atoms with van der Waals surface area (Å²) in [5.74, 6) is -1.49. The van der Waals surface area contributed by atoms with Crippen molar-refractivity contribution in [2.75, 3.05) is 11.9 Å². The van der Waals surface area contributed by atoms with Crippen molar-refractivity contribution in [3.8, 4) is 0 Å². The lowest BCUT2D eigenvalue weighted by atomic mass is 10.1. The van der Waals surface area contributed by atoms with Gasteiger partial charge in [0.05, 0.1) is 24.4 Å². The summed E-state index contributed by atoms with van der Waals surface area (Å²) in [6.07, 6.45) is 0.429. The van der Waals surface area contributed by atoms with Crippen molar-refractivity contribution in [1.29, 1.82) is 0 Å². The topological polar surface area (TPSA) is 80.4 Å². The second-order valence-electron chi connectivity index (χ2n) is 7.24. The van der Waals surface area contributed by atoms with E-state index in [0.717, 1.165) is 0 Å². The van der Waals surface area contributed by atoms with Crippen molar-refractivity contribution < 1.29 is 23.5 Å². The molecule has 152 valence electrons. The number of benzene rings is 1. The first-order valence-corrected chi connectivity index (χ1v) is 9.30. The SMILES string of the molecule is CCOC(=O)c1c(CNc2ccccc2F)[nH]c(C(=O)OC(C)(C)C)c1CC. The first-order chi connectivity index (χ1) is 13.2. The Hall–Kier alpha value is -2.83. The number of anilines is 1. The van der Waals surface area contributed by atoms with Crippen LogP contribution in [0.2, 0.25) is 0 Å². The number of esters is 2. The third kappa shape index (κ3) is 5.12. The van der Waals surface area contributed by atoms with Crippen molar-refractivity contribution in [2.45, 2.75) is 53.2 Å². The molecule has 1 aromatic carbocycles. The molecular formula is C21H27FN2O4. The van der Waals surface area contributed by atoms with Crippen LogP contribution in [0.4, 0.5) is 10.1 Å². The summed E-state index contributed by atoms with van der Waals surface area (Å²) in [7, 11) is 0. The number of carbonyl (C=O) groups excluding carboxylic acids is 2. The number of rotatable bonds is 7. The Morgan fingerprint density at radius 2 is 1.82 bits per heavy atom. The van der Waals surface area contributed by atoms with Crippen LogP contribution in [-0.4, -0.2) is 29.1 Å². The lowest BCUT2D eigenvalue weighted by molar-refractivity contribution is 0.00622. The Bertz CT molecular complexity index is 853. The molecule has 28 heavy (non-hydrogen) atoms. The number of hydrogen-bond acceptors (Lipinski definition) is 5. The maximum atomic E-state index is 13.9. The van der Waals surface area contributed by atoms with Crippen LogP contribution in [0.3, 0.4) is 0 Å². The van der Waals surface area contributed by atoms with Gasteiger partial charge in [-0.05, 0) is 51.8 Å². The summed E-state index contributed by atoms with van der Waals surface area (Å²) >= 11 is 0. The molecule has 0 aliphatic rings. The highest BCUT2D eigenvalue weighted by Gasteiger charge is 2.29. The van der Waals surface area contributed by atoms with E-state index in [2.05, 4.69) is 10.3 Å². The zero-order valence-corrected chi connectivity index (χ0v) is 16.9. The average Bonchev–Trinajstić information content (AvgIpc) is 2.98. The number of halogens is 1. The normalized spacial score (nSPS) is 11.2. The lowest BCUT2D eigenvalue weighted by Gasteiger charge is -2.19. The highest BCUT2D eigenvalue weighted by Crippen LogP contribution is 2.25. The van der Waals surface area contributed by atoms with Crippen molar-refractivity contribution in [1.82, 2.24) is 4.98 Å². The lowest BCUT2D eigenvalue weighted by Crippen LogP contribution is -2.24. The minimum absolute atomic E-state index is 0.116. The second-order valence-corrected chi connectivity index (χ2v) is 7.24. The highest BCUT2D eigenvalue weighted by atomic mass is 19.1. The Morgan fingerprint density at radius 1 is 1.14 bits per heavy atom. The highest BCUT2D eigenvalue weighted by molar-refractivity contribution is 5.99. The van der Waals surface area contributed by atoms with Gasteiger partial charge in [-0.15, -0.1) is 0 Å². The molecule has 0 aliphatic heterocycles. The monoisotopic (exact) mass is 390 g/mol. The summed E-state index contributed by atoms with van der Waals surface area (Å²) in [6.45, 7) is 9.18. The molecule has 1 aromatic heterocycles. The number of ether oxygens (including phenoxy) is 2. The Morgan fingerprint density at radius 3 is 2.39 bits per heavy atom.